The van der Waals surface area contributed by atoms with Crippen molar-refractivity contribution in [3.05, 3.63) is 89.0 Å². The second-order valence-electron chi connectivity index (χ2n) is 6.11. The topological polar surface area (TPSA) is 26.3 Å². The van der Waals surface area contributed by atoms with Crippen LogP contribution in [-0.4, -0.2) is 5.97 Å². The summed E-state index contributed by atoms with van der Waals surface area (Å²) in [5.74, 6) is 0.267. The van der Waals surface area contributed by atoms with E-state index in [4.69, 9.17) is 4.74 Å². The minimum absolute atomic E-state index is 0.329. The van der Waals surface area contributed by atoms with E-state index in [-0.39, 0.29) is 5.97 Å². The van der Waals surface area contributed by atoms with Gasteiger partial charge >= 0.3 is 5.97 Å². The van der Waals surface area contributed by atoms with Gasteiger partial charge < -0.3 is 4.74 Å². The predicted molar refractivity (Wildman–Crippen MR) is 97.5 cm³/mol. The summed E-state index contributed by atoms with van der Waals surface area (Å²) in [4.78, 5) is 12.3. The molecule has 0 saturated carbocycles. The molecule has 0 heterocycles. The maximum absolute atomic E-state index is 12.3. The summed E-state index contributed by atoms with van der Waals surface area (Å²) in [5.41, 5.74) is 6.05. The third-order valence-corrected chi connectivity index (χ3v) is 3.98. The van der Waals surface area contributed by atoms with E-state index >= 15 is 0 Å². The van der Waals surface area contributed by atoms with Crippen molar-refractivity contribution < 1.29 is 9.53 Å². The van der Waals surface area contributed by atoms with Crippen LogP contribution in [-0.2, 0) is 0 Å². The van der Waals surface area contributed by atoms with Gasteiger partial charge in [0.25, 0.3) is 0 Å². The minimum atomic E-state index is -0.329. The third-order valence-electron chi connectivity index (χ3n) is 3.98. The van der Waals surface area contributed by atoms with E-state index in [0.29, 0.717) is 11.3 Å². The van der Waals surface area contributed by atoms with Gasteiger partial charge in [-0.25, -0.2) is 4.79 Å². The molecule has 120 valence electrons. The number of benzene rings is 3. The lowest BCUT2D eigenvalue weighted by Gasteiger charge is -2.10. The molecule has 24 heavy (non-hydrogen) atoms. The lowest BCUT2D eigenvalue weighted by molar-refractivity contribution is 0.0733. The molecule has 0 aliphatic rings. The second-order valence-corrected chi connectivity index (χ2v) is 6.11. The minimum Gasteiger partial charge on any atom is -0.423 e. The average Bonchev–Trinajstić information content (AvgIpc) is 2.56. The van der Waals surface area contributed by atoms with Gasteiger partial charge in [0.05, 0.1) is 5.56 Å². The number of carbonyl (C=O) groups excluding carboxylic acids is 1. The first-order chi connectivity index (χ1) is 11.5. The van der Waals surface area contributed by atoms with E-state index in [2.05, 4.69) is 25.1 Å². The Morgan fingerprint density at radius 2 is 1.42 bits per heavy atom. The summed E-state index contributed by atoms with van der Waals surface area (Å²) in [6.45, 7) is 5.99. The molecule has 0 radical (unpaired) electrons. The van der Waals surface area contributed by atoms with Crippen LogP contribution in [0.3, 0.4) is 0 Å². The zero-order chi connectivity index (χ0) is 17.1. The van der Waals surface area contributed by atoms with E-state index in [9.17, 15) is 4.79 Å². The zero-order valence-corrected chi connectivity index (χ0v) is 14.2. The molecule has 0 atom stereocenters. The van der Waals surface area contributed by atoms with Gasteiger partial charge in [-0.1, -0.05) is 53.6 Å². The quantitative estimate of drug-likeness (QED) is 0.471. The zero-order valence-electron chi connectivity index (χ0n) is 14.2. The fraction of sp³-hybridized carbons (Fsp3) is 0.136. The first-order valence-electron chi connectivity index (χ1n) is 7.99. The van der Waals surface area contributed by atoms with E-state index in [1.54, 1.807) is 6.07 Å². The lowest BCUT2D eigenvalue weighted by atomic mass is 10.0. The molecule has 2 nitrogen and oxygen atoms in total. The summed E-state index contributed by atoms with van der Waals surface area (Å²) in [7, 11) is 0. The maximum atomic E-state index is 12.3. The van der Waals surface area contributed by atoms with Crippen molar-refractivity contribution in [3.63, 3.8) is 0 Å². The molecule has 3 aromatic rings. The SMILES string of the molecule is Cc1cccc(C(=O)Oc2ccc(-c3cccc(C)c3)cc2C)c1. The summed E-state index contributed by atoms with van der Waals surface area (Å²) in [5, 5.41) is 0. The van der Waals surface area contributed by atoms with Crippen molar-refractivity contribution in [2.24, 2.45) is 0 Å². The monoisotopic (exact) mass is 316 g/mol. The Hall–Kier alpha value is -2.87. The molecule has 0 unspecified atom stereocenters. The Morgan fingerprint density at radius 1 is 0.750 bits per heavy atom. The first-order valence-corrected chi connectivity index (χ1v) is 7.99. The highest BCUT2D eigenvalue weighted by molar-refractivity contribution is 5.91. The summed E-state index contributed by atoms with van der Waals surface area (Å²) >= 11 is 0. The van der Waals surface area contributed by atoms with Gasteiger partial charge in [-0.15, -0.1) is 0 Å². The van der Waals surface area contributed by atoms with Crippen LogP contribution in [0.4, 0.5) is 0 Å². The fourth-order valence-corrected chi connectivity index (χ4v) is 2.70. The molecule has 3 rings (SSSR count). The van der Waals surface area contributed by atoms with Crippen LogP contribution in [0.5, 0.6) is 5.75 Å². The molecule has 2 heteroatoms. The number of esters is 1. The molecule has 0 N–H and O–H groups in total. The maximum Gasteiger partial charge on any atom is 0.343 e. The lowest BCUT2D eigenvalue weighted by Crippen LogP contribution is -2.09. The molecular weight excluding hydrogens is 296 g/mol. The highest BCUT2D eigenvalue weighted by Crippen LogP contribution is 2.27. The van der Waals surface area contributed by atoms with Gasteiger partial charge in [-0.3, -0.25) is 0 Å². The van der Waals surface area contributed by atoms with Crippen molar-refractivity contribution in [1.29, 1.82) is 0 Å². The highest BCUT2D eigenvalue weighted by atomic mass is 16.5. The summed E-state index contributed by atoms with van der Waals surface area (Å²) in [6, 6.07) is 21.7. The molecule has 0 spiro atoms. The number of hydrogen-bond acceptors (Lipinski definition) is 2. The van der Waals surface area contributed by atoms with Crippen LogP contribution in [0.15, 0.2) is 66.7 Å². The molecule has 0 aliphatic heterocycles. The Labute approximate surface area is 142 Å². The van der Waals surface area contributed by atoms with Crippen molar-refractivity contribution in [1.82, 2.24) is 0 Å². The molecule has 0 amide bonds. The van der Waals surface area contributed by atoms with Gasteiger partial charge in [0.1, 0.15) is 5.75 Å². The fourth-order valence-electron chi connectivity index (χ4n) is 2.70. The Bertz CT molecular complexity index is 894. The van der Waals surface area contributed by atoms with E-state index in [1.165, 1.54) is 5.56 Å². The number of hydrogen-bond donors (Lipinski definition) is 0. The summed E-state index contributed by atoms with van der Waals surface area (Å²) < 4.78 is 5.56. The average molecular weight is 316 g/mol. The predicted octanol–water partition coefficient (Wildman–Crippen LogP) is 5.50. The van der Waals surface area contributed by atoms with Crippen molar-refractivity contribution in [2.45, 2.75) is 20.8 Å². The van der Waals surface area contributed by atoms with Crippen molar-refractivity contribution in [2.75, 3.05) is 0 Å². The van der Waals surface area contributed by atoms with Gasteiger partial charge in [0, 0.05) is 0 Å². The third kappa shape index (κ3) is 3.54. The molecular formula is C22H20O2. The molecule has 0 bridgehead atoms. The molecule has 0 fully saturated rings. The highest BCUT2D eigenvalue weighted by Gasteiger charge is 2.11. The molecule has 0 aromatic heterocycles. The van der Waals surface area contributed by atoms with Crippen LogP contribution in [0.2, 0.25) is 0 Å². The van der Waals surface area contributed by atoms with E-state index < -0.39 is 0 Å². The Kier molecular flexibility index (Phi) is 4.48. The Balaban J connectivity index is 1.84. The normalized spacial score (nSPS) is 10.5. The Morgan fingerprint density at radius 3 is 2.08 bits per heavy atom. The number of rotatable bonds is 3. The van der Waals surface area contributed by atoms with Crippen LogP contribution < -0.4 is 4.74 Å². The summed E-state index contributed by atoms with van der Waals surface area (Å²) in [6.07, 6.45) is 0. The van der Waals surface area contributed by atoms with Crippen molar-refractivity contribution >= 4 is 5.97 Å². The van der Waals surface area contributed by atoms with Crippen molar-refractivity contribution in [3.8, 4) is 16.9 Å². The van der Waals surface area contributed by atoms with Gasteiger partial charge in [-0.2, -0.15) is 0 Å². The number of ether oxygens (including phenoxy) is 1. The largest absolute Gasteiger partial charge is 0.423 e. The smallest absolute Gasteiger partial charge is 0.343 e. The molecule has 0 aliphatic carbocycles. The first kappa shape index (κ1) is 16.0. The van der Waals surface area contributed by atoms with Crippen LogP contribution in [0, 0.1) is 20.8 Å². The van der Waals surface area contributed by atoms with E-state index in [0.717, 1.165) is 22.3 Å². The van der Waals surface area contributed by atoms with Crippen LogP contribution >= 0.6 is 0 Å². The van der Waals surface area contributed by atoms with Crippen LogP contribution in [0.25, 0.3) is 11.1 Å². The van der Waals surface area contributed by atoms with E-state index in [1.807, 2.05) is 56.3 Å². The molecule has 0 saturated heterocycles. The van der Waals surface area contributed by atoms with Gasteiger partial charge in [0.15, 0.2) is 0 Å². The molecule has 3 aromatic carbocycles. The number of carbonyl (C=O) groups is 1. The van der Waals surface area contributed by atoms with Crippen LogP contribution in [0.1, 0.15) is 27.0 Å². The van der Waals surface area contributed by atoms with Gasteiger partial charge in [0.2, 0.25) is 0 Å². The second kappa shape index (κ2) is 6.71. The number of aryl methyl sites for hydroxylation is 3. The van der Waals surface area contributed by atoms with Gasteiger partial charge in [-0.05, 0) is 61.7 Å². The standard InChI is InChI=1S/C22H20O2/c1-15-6-4-8-18(12-15)19-10-11-21(17(3)14-19)24-22(23)20-9-5-7-16(2)13-20/h4-14H,1-3H3.